The molecule has 19 heavy (non-hydrogen) atoms. The van der Waals surface area contributed by atoms with E-state index in [0.29, 0.717) is 5.92 Å². The SMILES string of the molecule is Clc1ccc(-c2cn[nH]c2C2CC2)c2cnccc12. The Morgan fingerprint density at radius 1 is 1.05 bits per heavy atom. The predicted octanol–water partition coefficient (Wildman–Crippen LogP) is 4.16. The monoisotopic (exact) mass is 269 g/mol. The smallest absolute Gasteiger partial charge is 0.0569 e. The molecule has 3 nitrogen and oxygen atoms in total. The summed E-state index contributed by atoms with van der Waals surface area (Å²) in [6.07, 6.45) is 8.05. The molecule has 1 aromatic carbocycles. The summed E-state index contributed by atoms with van der Waals surface area (Å²) in [5.41, 5.74) is 3.58. The van der Waals surface area contributed by atoms with Crippen LogP contribution in [-0.4, -0.2) is 15.2 Å². The van der Waals surface area contributed by atoms with E-state index in [2.05, 4.69) is 21.2 Å². The molecule has 0 unspecified atom stereocenters. The van der Waals surface area contributed by atoms with E-state index in [1.807, 2.05) is 24.5 Å². The van der Waals surface area contributed by atoms with Crippen LogP contribution in [0.25, 0.3) is 21.9 Å². The molecule has 0 bridgehead atoms. The Bertz CT molecular complexity index is 759. The van der Waals surface area contributed by atoms with Crippen molar-refractivity contribution in [1.29, 1.82) is 0 Å². The summed E-state index contributed by atoms with van der Waals surface area (Å²) < 4.78 is 0. The van der Waals surface area contributed by atoms with E-state index in [0.717, 1.165) is 21.4 Å². The zero-order valence-corrected chi connectivity index (χ0v) is 11.0. The Morgan fingerprint density at radius 3 is 2.79 bits per heavy atom. The van der Waals surface area contributed by atoms with Gasteiger partial charge in [-0.1, -0.05) is 17.7 Å². The second kappa shape index (κ2) is 4.07. The maximum Gasteiger partial charge on any atom is 0.0569 e. The van der Waals surface area contributed by atoms with Gasteiger partial charge in [-0.3, -0.25) is 10.1 Å². The molecule has 0 aliphatic heterocycles. The molecule has 94 valence electrons. The van der Waals surface area contributed by atoms with Crippen LogP contribution in [0, 0.1) is 0 Å². The van der Waals surface area contributed by atoms with Crippen LogP contribution < -0.4 is 0 Å². The number of aromatic nitrogens is 3. The van der Waals surface area contributed by atoms with Crippen molar-refractivity contribution in [3.63, 3.8) is 0 Å². The Balaban J connectivity index is 2.00. The molecule has 0 amide bonds. The van der Waals surface area contributed by atoms with Gasteiger partial charge in [-0.2, -0.15) is 5.10 Å². The van der Waals surface area contributed by atoms with Crippen LogP contribution in [0.5, 0.6) is 0 Å². The van der Waals surface area contributed by atoms with Crippen LogP contribution in [0.2, 0.25) is 5.02 Å². The van der Waals surface area contributed by atoms with Crippen LogP contribution >= 0.6 is 11.6 Å². The molecule has 2 heterocycles. The summed E-state index contributed by atoms with van der Waals surface area (Å²) in [6, 6.07) is 5.96. The van der Waals surface area contributed by atoms with Gasteiger partial charge in [0.15, 0.2) is 0 Å². The van der Waals surface area contributed by atoms with Crippen molar-refractivity contribution in [2.75, 3.05) is 0 Å². The Labute approximate surface area is 115 Å². The van der Waals surface area contributed by atoms with Gasteiger partial charge in [0, 0.05) is 45.4 Å². The topological polar surface area (TPSA) is 41.6 Å². The molecule has 4 heteroatoms. The van der Waals surface area contributed by atoms with Gasteiger partial charge in [-0.25, -0.2) is 0 Å². The van der Waals surface area contributed by atoms with E-state index in [1.54, 1.807) is 6.20 Å². The molecule has 0 spiro atoms. The second-order valence-corrected chi connectivity index (χ2v) is 5.40. The van der Waals surface area contributed by atoms with Crippen molar-refractivity contribution < 1.29 is 0 Å². The highest BCUT2D eigenvalue weighted by atomic mass is 35.5. The number of benzene rings is 1. The van der Waals surface area contributed by atoms with Crippen LogP contribution in [0.1, 0.15) is 24.5 Å². The molecule has 1 saturated carbocycles. The van der Waals surface area contributed by atoms with E-state index in [-0.39, 0.29) is 0 Å². The predicted molar refractivity (Wildman–Crippen MR) is 76.3 cm³/mol. The highest BCUT2D eigenvalue weighted by molar-refractivity contribution is 6.36. The third-order valence-electron chi connectivity index (χ3n) is 3.71. The number of aromatic amines is 1. The summed E-state index contributed by atoms with van der Waals surface area (Å²) in [6.45, 7) is 0. The van der Waals surface area contributed by atoms with Gasteiger partial charge in [0.1, 0.15) is 0 Å². The normalized spacial score (nSPS) is 15.0. The van der Waals surface area contributed by atoms with Crippen molar-refractivity contribution in [3.05, 3.63) is 47.5 Å². The quantitative estimate of drug-likeness (QED) is 0.759. The first-order chi connectivity index (χ1) is 9.34. The minimum Gasteiger partial charge on any atom is -0.282 e. The number of halogens is 1. The van der Waals surface area contributed by atoms with E-state index in [9.17, 15) is 0 Å². The Kier molecular flexibility index (Phi) is 2.35. The third-order valence-corrected chi connectivity index (χ3v) is 4.04. The standard InChI is InChI=1S/C15H12ClN3/c16-14-4-3-10(12-7-17-6-5-11(12)14)13-8-18-19-15(13)9-1-2-9/h3-9H,1-2H2,(H,18,19). The number of hydrogen-bond donors (Lipinski definition) is 1. The molecule has 0 saturated heterocycles. The number of hydrogen-bond acceptors (Lipinski definition) is 2. The van der Waals surface area contributed by atoms with Crippen molar-refractivity contribution in [2.45, 2.75) is 18.8 Å². The Hall–Kier alpha value is -1.87. The summed E-state index contributed by atoms with van der Waals surface area (Å²) in [5.74, 6) is 0.639. The minimum absolute atomic E-state index is 0.639. The van der Waals surface area contributed by atoms with Crippen molar-refractivity contribution >= 4 is 22.4 Å². The number of fused-ring (bicyclic) bond motifs is 1. The first kappa shape index (κ1) is 11.0. The Morgan fingerprint density at radius 2 is 1.95 bits per heavy atom. The van der Waals surface area contributed by atoms with Crippen LogP contribution in [0.4, 0.5) is 0 Å². The van der Waals surface area contributed by atoms with Crippen molar-refractivity contribution in [1.82, 2.24) is 15.2 Å². The maximum absolute atomic E-state index is 6.25. The highest BCUT2D eigenvalue weighted by Crippen LogP contribution is 2.44. The summed E-state index contributed by atoms with van der Waals surface area (Å²) in [4.78, 5) is 4.23. The maximum atomic E-state index is 6.25. The largest absolute Gasteiger partial charge is 0.282 e. The van der Waals surface area contributed by atoms with E-state index in [1.165, 1.54) is 24.1 Å². The zero-order chi connectivity index (χ0) is 12.8. The van der Waals surface area contributed by atoms with Gasteiger partial charge < -0.3 is 0 Å². The van der Waals surface area contributed by atoms with Gasteiger partial charge in [0.05, 0.1) is 6.20 Å². The van der Waals surface area contributed by atoms with Crippen molar-refractivity contribution in [2.24, 2.45) is 0 Å². The molecule has 2 aromatic heterocycles. The summed E-state index contributed by atoms with van der Waals surface area (Å²) in [7, 11) is 0. The van der Waals surface area contributed by atoms with Gasteiger partial charge in [-0.15, -0.1) is 0 Å². The third kappa shape index (κ3) is 1.73. The fourth-order valence-corrected chi connectivity index (χ4v) is 2.81. The lowest BCUT2D eigenvalue weighted by Gasteiger charge is -2.08. The van der Waals surface area contributed by atoms with E-state index < -0.39 is 0 Å². The first-order valence-electron chi connectivity index (χ1n) is 6.40. The summed E-state index contributed by atoms with van der Waals surface area (Å²) >= 11 is 6.25. The van der Waals surface area contributed by atoms with Gasteiger partial charge in [0.25, 0.3) is 0 Å². The lowest BCUT2D eigenvalue weighted by atomic mass is 9.99. The minimum atomic E-state index is 0.639. The number of pyridine rings is 1. The average molecular weight is 270 g/mol. The molecule has 0 radical (unpaired) electrons. The molecule has 1 aliphatic carbocycles. The van der Waals surface area contributed by atoms with Crippen LogP contribution in [-0.2, 0) is 0 Å². The lowest BCUT2D eigenvalue weighted by molar-refractivity contribution is 0.966. The fraction of sp³-hybridized carbons (Fsp3) is 0.200. The molecule has 1 fully saturated rings. The molecule has 3 aromatic rings. The second-order valence-electron chi connectivity index (χ2n) is 4.99. The number of nitrogens with one attached hydrogen (secondary N) is 1. The van der Waals surface area contributed by atoms with E-state index in [4.69, 9.17) is 11.6 Å². The van der Waals surface area contributed by atoms with Crippen molar-refractivity contribution in [3.8, 4) is 11.1 Å². The molecule has 1 N–H and O–H groups in total. The highest BCUT2D eigenvalue weighted by Gasteiger charge is 2.28. The van der Waals surface area contributed by atoms with Gasteiger partial charge in [-0.05, 0) is 30.5 Å². The van der Waals surface area contributed by atoms with Gasteiger partial charge >= 0.3 is 0 Å². The molecular formula is C15H12ClN3. The average Bonchev–Trinajstić information content (AvgIpc) is 3.18. The number of H-pyrrole nitrogens is 1. The summed E-state index contributed by atoms with van der Waals surface area (Å²) in [5, 5.41) is 10.2. The van der Waals surface area contributed by atoms with Gasteiger partial charge in [0.2, 0.25) is 0 Å². The van der Waals surface area contributed by atoms with Crippen LogP contribution in [0.3, 0.4) is 0 Å². The molecule has 4 rings (SSSR count). The lowest BCUT2D eigenvalue weighted by Crippen LogP contribution is -1.87. The zero-order valence-electron chi connectivity index (χ0n) is 10.2. The van der Waals surface area contributed by atoms with E-state index >= 15 is 0 Å². The first-order valence-corrected chi connectivity index (χ1v) is 6.78. The number of nitrogens with zero attached hydrogens (tertiary/aromatic N) is 2. The molecular weight excluding hydrogens is 258 g/mol. The molecule has 0 atom stereocenters. The molecule has 1 aliphatic rings. The van der Waals surface area contributed by atoms with Crippen LogP contribution in [0.15, 0.2) is 36.8 Å². The fourth-order valence-electron chi connectivity index (χ4n) is 2.58. The number of rotatable bonds is 2.